The third-order valence-corrected chi connectivity index (χ3v) is 11.8. The molecule has 0 aromatic rings. The summed E-state index contributed by atoms with van der Waals surface area (Å²) in [4.78, 5) is 156. The molecule has 0 saturated heterocycles. The highest BCUT2D eigenvalue weighted by molar-refractivity contribution is 7.80. The first kappa shape index (κ1) is 68.9. The van der Waals surface area contributed by atoms with E-state index in [1.807, 2.05) is 13.8 Å². The molecule has 0 spiro atoms. The minimum absolute atomic E-state index is 0.0263. The maximum Gasteiger partial charge on any atom is 0.326 e. The Kier molecular flexibility index (Phi) is 32.3. The molecule has 0 aromatic heterocycles. The van der Waals surface area contributed by atoms with Crippen LogP contribution in [0.1, 0.15) is 120 Å². The van der Waals surface area contributed by atoms with E-state index >= 15 is 0 Å². The van der Waals surface area contributed by atoms with E-state index in [4.69, 9.17) is 11.5 Å². The number of nitrogens with one attached hydrogen (secondary N) is 9. The average Bonchev–Trinajstić information content (AvgIpc) is 3.31. The Morgan fingerprint density at radius 3 is 1.23 bits per heavy atom. The van der Waals surface area contributed by atoms with Crippen molar-refractivity contribution in [2.75, 3.05) is 18.9 Å². The van der Waals surface area contributed by atoms with Gasteiger partial charge in [0.1, 0.15) is 54.4 Å². The molecule has 75 heavy (non-hydrogen) atoms. The number of amides is 9. The van der Waals surface area contributed by atoms with Gasteiger partial charge in [0.25, 0.3) is 0 Å². The van der Waals surface area contributed by atoms with Crippen LogP contribution < -0.4 is 59.3 Å². The van der Waals surface area contributed by atoms with Crippen LogP contribution in [0.2, 0.25) is 0 Å². The molecular formula is C47H83N11O16S. The summed E-state index contributed by atoms with van der Waals surface area (Å²) < 4.78 is 0. The second-order valence-corrected chi connectivity index (χ2v) is 20.1. The molecule has 428 valence electrons. The maximum absolute atomic E-state index is 13.9. The summed E-state index contributed by atoms with van der Waals surface area (Å²) >= 11 is 4.18. The van der Waals surface area contributed by atoms with Gasteiger partial charge in [-0.15, -0.1) is 0 Å². The van der Waals surface area contributed by atoms with Crippen molar-refractivity contribution < 1.29 is 78.0 Å². The first-order valence-electron chi connectivity index (χ1n) is 25.0. The van der Waals surface area contributed by atoms with Gasteiger partial charge >= 0.3 is 17.9 Å². The predicted octanol–water partition coefficient (Wildman–Crippen LogP) is -3.03. The number of carbonyl (C=O) groups is 12. The standard InChI is InChI=1S/C47H83N11O16S/c1-22(2)18-27(49)39(65)56-33(21-75)44(70)51-28(12-10-11-17-48)40(66)50-26(9)38(64)57-36(24(5)6)45(71)53-29(13-15-34(60)61)41(67)52-30(14-16-35(62)63)42(68)58-37(25(7)8)46(72)55-32(20-59)43(69)54-31(47(73)74)19-23(3)4/h22-33,36-37,59,75H,10-21,48-49H2,1-9H3,(H,50,66)(H,51,70)(H,52,67)(H,53,71)(H,54,69)(H,55,72)(H,56,65)(H,57,64)(H,58,68)(H,60,61)(H,62,63)(H,73,74)/t26-,27-,28-,29-,30-,31-,32-,33-,36-,37-/m0/s1. The quantitative estimate of drug-likeness (QED) is 0.0217. The molecule has 0 aliphatic heterocycles. The topological polar surface area (TPSA) is 446 Å². The van der Waals surface area contributed by atoms with Gasteiger partial charge in [-0.05, 0) is 82.1 Å². The molecule has 0 unspecified atom stereocenters. The Morgan fingerprint density at radius 2 is 0.813 bits per heavy atom. The summed E-state index contributed by atoms with van der Waals surface area (Å²) in [6, 6.07) is -14.1. The van der Waals surface area contributed by atoms with Crippen molar-refractivity contribution in [1.82, 2.24) is 47.9 Å². The lowest BCUT2D eigenvalue weighted by Crippen LogP contribution is -2.61. The van der Waals surface area contributed by atoms with Crippen LogP contribution in [0, 0.1) is 23.7 Å². The number of carbonyl (C=O) groups excluding carboxylic acids is 9. The van der Waals surface area contributed by atoms with Crippen molar-refractivity contribution >= 4 is 83.7 Å². The van der Waals surface area contributed by atoms with Gasteiger partial charge in [-0.3, -0.25) is 52.7 Å². The predicted molar refractivity (Wildman–Crippen MR) is 275 cm³/mol. The molecule has 0 saturated carbocycles. The lowest BCUT2D eigenvalue weighted by Gasteiger charge is -2.29. The zero-order valence-electron chi connectivity index (χ0n) is 44.4. The molecule has 0 aliphatic carbocycles. The largest absolute Gasteiger partial charge is 0.481 e. The normalized spacial score (nSPS) is 15.3. The van der Waals surface area contributed by atoms with E-state index in [1.54, 1.807) is 13.8 Å². The smallest absolute Gasteiger partial charge is 0.326 e. The number of hydrogen-bond donors (Lipinski definition) is 16. The first-order valence-corrected chi connectivity index (χ1v) is 25.6. The highest BCUT2D eigenvalue weighted by atomic mass is 32.1. The lowest BCUT2D eigenvalue weighted by atomic mass is 10.0. The van der Waals surface area contributed by atoms with Crippen LogP contribution in [0.3, 0.4) is 0 Å². The molecule has 0 bridgehead atoms. The third-order valence-electron chi connectivity index (χ3n) is 11.4. The summed E-state index contributed by atoms with van der Waals surface area (Å²) in [7, 11) is 0. The molecule has 0 rings (SSSR count). The summed E-state index contributed by atoms with van der Waals surface area (Å²) in [5.74, 6) is -14.2. The summed E-state index contributed by atoms with van der Waals surface area (Å²) in [6.45, 7) is 13.8. The van der Waals surface area contributed by atoms with Crippen molar-refractivity contribution in [2.24, 2.45) is 35.1 Å². The minimum Gasteiger partial charge on any atom is -0.481 e. The number of rotatable bonds is 37. The molecule has 17 N–H and O–H groups in total. The minimum atomic E-state index is -1.74. The fourth-order valence-corrected chi connectivity index (χ4v) is 7.39. The van der Waals surface area contributed by atoms with Crippen LogP contribution in [0.4, 0.5) is 0 Å². The van der Waals surface area contributed by atoms with E-state index < -0.39 is 176 Å². The molecule has 0 radical (unpaired) electrons. The lowest BCUT2D eigenvalue weighted by molar-refractivity contribution is -0.143. The molecule has 0 aliphatic rings. The van der Waals surface area contributed by atoms with Gasteiger partial charge in [-0.25, -0.2) is 4.79 Å². The number of aliphatic carboxylic acids is 3. The number of aliphatic hydroxyl groups excluding tert-OH is 1. The van der Waals surface area contributed by atoms with Gasteiger partial charge in [0, 0.05) is 18.6 Å². The number of thiol groups is 1. The number of hydrogen-bond acceptors (Lipinski definition) is 16. The summed E-state index contributed by atoms with van der Waals surface area (Å²) in [5.41, 5.74) is 11.6. The van der Waals surface area contributed by atoms with Crippen LogP contribution in [0.5, 0.6) is 0 Å². The van der Waals surface area contributed by atoms with Gasteiger partial charge in [0.05, 0.1) is 12.6 Å². The van der Waals surface area contributed by atoms with Crippen molar-refractivity contribution in [2.45, 2.75) is 181 Å². The fourth-order valence-electron chi connectivity index (χ4n) is 7.13. The Hall–Kier alpha value is -6.13. The Labute approximate surface area is 442 Å². The molecule has 0 heterocycles. The molecule has 28 heteroatoms. The van der Waals surface area contributed by atoms with E-state index in [-0.39, 0.29) is 37.0 Å². The van der Waals surface area contributed by atoms with Crippen molar-refractivity contribution in [3.05, 3.63) is 0 Å². The number of carboxylic acids is 3. The van der Waals surface area contributed by atoms with Gasteiger partial charge in [-0.2, -0.15) is 12.6 Å². The Bertz CT molecular complexity index is 1960. The zero-order valence-corrected chi connectivity index (χ0v) is 45.3. The molecular weight excluding hydrogens is 1010 g/mol. The van der Waals surface area contributed by atoms with E-state index in [0.29, 0.717) is 19.3 Å². The summed E-state index contributed by atoms with van der Waals surface area (Å²) in [5, 5.41) is 60.2. The number of carboxylic acid groups (broad SMARTS) is 3. The highest BCUT2D eigenvalue weighted by Gasteiger charge is 2.36. The second-order valence-electron chi connectivity index (χ2n) is 19.8. The van der Waals surface area contributed by atoms with E-state index in [2.05, 4.69) is 60.5 Å². The Morgan fingerprint density at radius 1 is 0.440 bits per heavy atom. The third kappa shape index (κ3) is 26.8. The van der Waals surface area contributed by atoms with Crippen LogP contribution in [-0.4, -0.2) is 171 Å². The van der Waals surface area contributed by atoms with Gasteiger partial charge in [0.2, 0.25) is 53.2 Å². The average molecular weight is 1090 g/mol. The monoisotopic (exact) mass is 1090 g/mol. The number of unbranched alkanes of at least 4 members (excludes halogenated alkanes) is 1. The fraction of sp³-hybridized carbons (Fsp3) is 0.745. The maximum atomic E-state index is 13.9. The van der Waals surface area contributed by atoms with Crippen LogP contribution in [0.15, 0.2) is 0 Å². The van der Waals surface area contributed by atoms with Crippen molar-refractivity contribution in [3.63, 3.8) is 0 Å². The Balaban J connectivity index is 6.41. The van der Waals surface area contributed by atoms with Crippen molar-refractivity contribution in [1.29, 1.82) is 0 Å². The molecule has 9 amide bonds. The van der Waals surface area contributed by atoms with Gasteiger partial charge in [0.15, 0.2) is 0 Å². The number of aliphatic hydroxyl groups is 1. The van der Waals surface area contributed by atoms with Gasteiger partial charge in [-0.1, -0.05) is 55.4 Å². The zero-order chi connectivity index (χ0) is 57.9. The van der Waals surface area contributed by atoms with E-state index in [0.717, 1.165) is 0 Å². The molecule has 0 aromatic carbocycles. The molecule has 0 fully saturated rings. The van der Waals surface area contributed by atoms with Crippen molar-refractivity contribution in [3.8, 4) is 0 Å². The summed E-state index contributed by atoms with van der Waals surface area (Å²) in [6.07, 6.45) is -1.27. The first-order chi connectivity index (χ1) is 34.9. The highest BCUT2D eigenvalue weighted by Crippen LogP contribution is 2.12. The molecule has 10 atom stereocenters. The van der Waals surface area contributed by atoms with Crippen LogP contribution in [-0.2, 0) is 57.5 Å². The van der Waals surface area contributed by atoms with E-state index in [1.165, 1.54) is 34.6 Å². The van der Waals surface area contributed by atoms with Gasteiger partial charge < -0.3 is 79.7 Å². The SMILES string of the molecule is CC(C)C[C@H](NC(=O)[C@H](CO)NC(=O)[C@@H](NC(=O)[C@H](CCC(=O)O)NC(=O)[C@H](CCC(=O)O)NC(=O)[C@@H](NC(=O)[C@H](C)NC(=O)[C@H](CCCCN)NC(=O)[C@H](CS)NC(=O)[C@@H](N)CC(C)C)C(C)C)C(C)C)C(=O)O. The van der Waals surface area contributed by atoms with E-state index in [9.17, 15) is 78.0 Å². The number of nitrogens with two attached hydrogens (primary N) is 2. The van der Waals surface area contributed by atoms with Crippen LogP contribution in [0.25, 0.3) is 0 Å². The second kappa shape index (κ2) is 35.2. The van der Waals surface area contributed by atoms with Crippen LogP contribution >= 0.6 is 12.6 Å². The molecule has 27 nitrogen and oxygen atoms in total.